The average molecular weight is 203 g/mol. The predicted octanol–water partition coefficient (Wildman–Crippen LogP) is 2.64. The molecule has 15 heavy (non-hydrogen) atoms. The van der Waals surface area contributed by atoms with Crippen LogP contribution in [-0.4, -0.2) is 10.9 Å². The molecule has 0 amide bonds. The summed E-state index contributed by atoms with van der Waals surface area (Å²) in [7, 11) is 0. The van der Waals surface area contributed by atoms with Crippen molar-refractivity contribution in [2.24, 2.45) is 0 Å². The van der Waals surface area contributed by atoms with E-state index in [-0.39, 0.29) is 11.5 Å². The van der Waals surface area contributed by atoms with Gasteiger partial charge in [0.15, 0.2) is 5.78 Å². The Morgan fingerprint density at radius 3 is 2.60 bits per heavy atom. The zero-order valence-electron chi connectivity index (χ0n) is 8.47. The van der Waals surface area contributed by atoms with Crippen LogP contribution in [0.15, 0.2) is 54.4 Å². The molecule has 0 atom stereocenters. The van der Waals surface area contributed by atoms with Crippen molar-refractivity contribution in [2.45, 2.75) is 6.92 Å². The summed E-state index contributed by atoms with van der Waals surface area (Å²) in [6, 6.07) is 9.52. The molecule has 3 nitrogen and oxygen atoms in total. The monoisotopic (exact) mass is 203 g/mol. The summed E-state index contributed by atoms with van der Waals surface area (Å²) < 4.78 is 0. The fourth-order valence-electron chi connectivity index (χ4n) is 1.01. The number of hydrogen-bond donors (Lipinski definition) is 2. The van der Waals surface area contributed by atoms with Gasteiger partial charge in [0.1, 0.15) is 5.76 Å². The van der Waals surface area contributed by atoms with Crippen LogP contribution in [-0.2, 0) is 4.79 Å². The number of rotatable bonds is 4. The Balaban J connectivity index is 2.50. The number of anilines is 1. The van der Waals surface area contributed by atoms with Crippen LogP contribution >= 0.6 is 0 Å². The van der Waals surface area contributed by atoms with Crippen LogP contribution in [0.25, 0.3) is 0 Å². The Morgan fingerprint density at radius 2 is 2.00 bits per heavy atom. The normalized spacial score (nSPS) is 11.7. The largest absolute Gasteiger partial charge is 0.508 e. The van der Waals surface area contributed by atoms with E-state index in [2.05, 4.69) is 5.32 Å². The van der Waals surface area contributed by atoms with E-state index in [0.29, 0.717) is 0 Å². The highest BCUT2D eigenvalue weighted by atomic mass is 16.3. The predicted molar refractivity (Wildman–Crippen MR) is 60.6 cm³/mol. The molecule has 0 saturated heterocycles. The Kier molecular flexibility index (Phi) is 4.16. The second-order valence-electron chi connectivity index (χ2n) is 3.02. The van der Waals surface area contributed by atoms with Crippen molar-refractivity contribution in [3.05, 3.63) is 54.4 Å². The molecule has 2 N–H and O–H groups in total. The number of benzene rings is 1. The van der Waals surface area contributed by atoms with Gasteiger partial charge in [-0.15, -0.1) is 0 Å². The Hall–Kier alpha value is -2.03. The van der Waals surface area contributed by atoms with Gasteiger partial charge in [-0.25, -0.2) is 0 Å². The SMILES string of the molecule is CC(=O)/C=C(O)/C=C\Nc1ccccc1. The maximum Gasteiger partial charge on any atom is 0.156 e. The van der Waals surface area contributed by atoms with Crippen LogP contribution in [0.1, 0.15) is 6.92 Å². The molecule has 3 heteroatoms. The number of para-hydroxylation sites is 1. The molecule has 0 heterocycles. The molecular weight excluding hydrogens is 190 g/mol. The molecule has 0 aromatic heterocycles. The number of aliphatic hydroxyl groups excluding tert-OH is 1. The van der Waals surface area contributed by atoms with Gasteiger partial charge in [-0.1, -0.05) is 18.2 Å². The molecular formula is C12H13NO2. The summed E-state index contributed by atoms with van der Waals surface area (Å²) in [5.41, 5.74) is 0.921. The average Bonchev–Trinajstić information content (AvgIpc) is 2.18. The Morgan fingerprint density at radius 1 is 1.33 bits per heavy atom. The van der Waals surface area contributed by atoms with Gasteiger partial charge in [0, 0.05) is 18.0 Å². The smallest absolute Gasteiger partial charge is 0.156 e. The Labute approximate surface area is 88.7 Å². The van der Waals surface area contributed by atoms with Crippen LogP contribution in [0.5, 0.6) is 0 Å². The molecule has 0 fully saturated rings. The molecule has 1 aromatic carbocycles. The molecule has 78 valence electrons. The molecule has 0 aliphatic rings. The van der Waals surface area contributed by atoms with Crippen LogP contribution in [0, 0.1) is 0 Å². The number of hydrogen-bond acceptors (Lipinski definition) is 3. The van der Waals surface area contributed by atoms with Gasteiger partial charge in [0.2, 0.25) is 0 Å². The highest BCUT2D eigenvalue weighted by Gasteiger charge is 1.89. The molecule has 1 aromatic rings. The number of aliphatic hydroxyl groups is 1. The van der Waals surface area contributed by atoms with Crippen molar-refractivity contribution >= 4 is 11.5 Å². The van der Waals surface area contributed by atoms with E-state index in [1.54, 1.807) is 6.20 Å². The number of nitrogens with one attached hydrogen (secondary N) is 1. The van der Waals surface area contributed by atoms with E-state index >= 15 is 0 Å². The second kappa shape index (κ2) is 5.65. The van der Waals surface area contributed by atoms with Gasteiger partial charge in [-0.3, -0.25) is 4.79 Å². The standard InChI is InChI=1S/C12H13NO2/c1-10(14)9-12(15)7-8-13-11-5-3-2-4-6-11/h2-9,13,15H,1H3/b8-7-,12-9-. The summed E-state index contributed by atoms with van der Waals surface area (Å²) in [5, 5.41) is 12.2. The first-order valence-electron chi connectivity index (χ1n) is 4.58. The molecule has 0 aliphatic heterocycles. The van der Waals surface area contributed by atoms with Gasteiger partial charge >= 0.3 is 0 Å². The third-order valence-electron chi connectivity index (χ3n) is 1.63. The molecule has 0 aliphatic carbocycles. The van der Waals surface area contributed by atoms with Gasteiger partial charge in [0.25, 0.3) is 0 Å². The first-order chi connectivity index (χ1) is 7.18. The maximum atomic E-state index is 10.6. The van der Waals surface area contributed by atoms with Crippen molar-refractivity contribution in [3.8, 4) is 0 Å². The number of allylic oxidation sites excluding steroid dienone is 2. The van der Waals surface area contributed by atoms with Crippen molar-refractivity contribution < 1.29 is 9.90 Å². The minimum absolute atomic E-state index is 0.0640. The number of carbonyl (C=O) groups excluding carboxylic acids is 1. The third kappa shape index (κ3) is 4.67. The van der Waals surface area contributed by atoms with Gasteiger partial charge in [0.05, 0.1) is 0 Å². The van der Waals surface area contributed by atoms with Crippen molar-refractivity contribution in [3.63, 3.8) is 0 Å². The maximum absolute atomic E-state index is 10.6. The summed E-state index contributed by atoms with van der Waals surface area (Å²) in [4.78, 5) is 10.6. The quantitative estimate of drug-likeness (QED) is 0.449. The van der Waals surface area contributed by atoms with E-state index in [9.17, 15) is 9.90 Å². The zero-order valence-corrected chi connectivity index (χ0v) is 8.47. The lowest BCUT2D eigenvalue weighted by Gasteiger charge is -1.98. The van der Waals surface area contributed by atoms with Crippen molar-refractivity contribution in [1.82, 2.24) is 0 Å². The molecule has 0 saturated carbocycles. The molecule has 0 bridgehead atoms. The lowest BCUT2D eigenvalue weighted by atomic mass is 10.3. The molecule has 0 unspecified atom stereocenters. The highest BCUT2D eigenvalue weighted by Crippen LogP contribution is 2.04. The lowest BCUT2D eigenvalue weighted by Crippen LogP contribution is -1.89. The van der Waals surface area contributed by atoms with Gasteiger partial charge in [-0.05, 0) is 25.1 Å². The van der Waals surface area contributed by atoms with Gasteiger partial charge < -0.3 is 10.4 Å². The number of ketones is 1. The first-order valence-corrected chi connectivity index (χ1v) is 4.58. The van der Waals surface area contributed by atoms with Crippen LogP contribution in [0.4, 0.5) is 5.69 Å². The zero-order chi connectivity index (χ0) is 11.1. The van der Waals surface area contributed by atoms with Crippen LogP contribution in [0.3, 0.4) is 0 Å². The number of carbonyl (C=O) groups is 1. The van der Waals surface area contributed by atoms with Gasteiger partial charge in [-0.2, -0.15) is 0 Å². The summed E-state index contributed by atoms with van der Waals surface area (Å²) in [6.45, 7) is 1.38. The molecule has 0 spiro atoms. The van der Waals surface area contributed by atoms with E-state index < -0.39 is 0 Å². The Bertz CT molecular complexity index is 380. The van der Waals surface area contributed by atoms with Crippen molar-refractivity contribution in [1.29, 1.82) is 0 Å². The van der Waals surface area contributed by atoms with E-state index in [0.717, 1.165) is 11.8 Å². The van der Waals surface area contributed by atoms with E-state index in [4.69, 9.17) is 0 Å². The summed E-state index contributed by atoms with van der Waals surface area (Å²) >= 11 is 0. The van der Waals surface area contributed by atoms with Crippen molar-refractivity contribution in [2.75, 3.05) is 5.32 Å². The minimum Gasteiger partial charge on any atom is -0.508 e. The van der Waals surface area contributed by atoms with Crippen LogP contribution < -0.4 is 5.32 Å². The van der Waals surface area contributed by atoms with Crippen LogP contribution in [0.2, 0.25) is 0 Å². The van der Waals surface area contributed by atoms with E-state index in [1.807, 2.05) is 30.3 Å². The summed E-state index contributed by atoms with van der Waals surface area (Å²) in [6.07, 6.45) is 4.15. The fraction of sp³-hybridized carbons (Fsp3) is 0.0833. The fourth-order valence-corrected chi connectivity index (χ4v) is 1.01. The topological polar surface area (TPSA) is 49.3 Å². The minimum atomic E-state index is -0.183. The van der Waals surface area contributed by atoms with E-state index in [1.165, 1.54) is 13.0 Å². The third-order valence-corrected chi connectivity index (χ3v) is 1.63. The summed E-state index contributed by atoms with van der Waals surface area (Å²) in [5.74, 6) is -0.247. The molecule has 0 radical (unpaired) electrons. The molecule has 1 rings (SSSR count). The first kappa shape index (κ1) is 11.0. The highest BCUT2D eigenvalue weighted by molar-refractivity contribution is 5.87. The second-order valence-corrected chi connectivity index (χ2v) is 3.02. The lowest BCUT2D eigenvalue weighted by molar-refractivity contribution is -0.112.